The second-order valence-electron chi connectivity index (χ2n) is 5.66. The zero-order chi connectivity index (χ0) is 17.4. The van der Waals surface area contributed by atoms with E-state index < -0.39 is 0 Å². The van der Waals surface area contributed by atoms with Crippen LogP contribution >= 0.6 is 0 Å². The summed E-state index contributed by atoms with van der Waals surface area (Å²) in [6, 6.07) is 12.2. The minimum atomic E-state index is -0.275. The summed E-state index contributed by atoms with van der Waals surface area (Å²) in [6.07, 6.45) is 2.32. The van der Waals surface area contributed by atoms with E-state index in [1.54, 1.807) is 18.2 Å². The Morgan fingerprint density at radius 2 is 1.83 bits per heavy atom. The van der Waals surface area contributed by atoms with E-state index in [1.165, 1.54) is 12.3 Å². The van der Waals surface area contributed by atoms with Gasteiger partial charge in [0.2, 0.25) is 0 Å². The predicted molar refractivity (Wildman–Crippen MR) is 94.1 cm³/mol. The minimum absolute atomic E-state index is 0.237. The summed E-state index contributed by atoms with van der Waals surface area (Å²) >= 11 is 0. The van der Waals surface area contributed by atoms with Crippen LogP contribution in [-0.2, 0) is 0 Å². The lowest BCUT2D eigenvalue weighted by Crippen LogP contribution is -2.28. The molecule has 0 radical (unpaired) electrons. The molecule has 0 aliphatic heterocycles. The number of carbonyl (C=O) groups excluding carboxylic acids is 2. The molecule has 6 heteroatoms. The van der Waals surface area contributed by atoms with Gasteiger partial charge in [0.15, 0.2) is 0 Å². The summed E-state index contributed by atoms with van der Waals surface area (Å²) in [5.74, 6) is -0.548. The van der Waals surface area contributed by atoms with Gasteiger partial charge in [0.05, 0.1) is 0 Å². The third-order valence-electron chi connectivity index (χ3n) is 3.35. The minimum Gasteiger partial charge on any atom is -0.351 e. The smallest absolute Gasteiger partial charge is 0.269 e. The van der Waals surface area contributed by atoms with Crippen LogP contribution in [0.25, 0.3) is 0 Å². The van der Waals surface area contributed by atoms with E-state index in [9.17, 15) is 9.59 Å². The first-order valence-corrected chi connectivity index (χ1v) is 7.81. The SMILES string of the molecule is CN(C)CCCNC(=O)c1cc(C(=O)Nc2ccccc2)ccn1. The molecule has 6 nitrogen and oxygen atoms in total. The number of aromatic nitrogens is 1. The van der Waals surface area contributed by atoms with E-state index in [1.807, 2.05) is 32.3 Å². The fourth-order valence-electron chi connectivity index (χ4n) is 2.11. The first-order chi connectivity index (χ1) is 11.6. The number of nitrogens with zero attached hydrogens (tertiary/aromatic N) is 2. The largest absolute Gasteiger partial charge is 0.351 e. The van der Waals surface area contributed by atoms with Gasteiger partial charge in [-0.15, -0.1) is 0 Å². The number of para-hydroxylation sites is 1. The maximum atomic E-state index is 12.2. The molecule has 2 rings (SSSR count). The van der Waals surface area contributed by atoms with Crippen molar-refractivity contribution in [3.63, 3.8) is 0 Å². The van der Waals surface area contributed by atoms with E-state index in [0.29, 0.717) is 17.8 Å². The number of carbonyl (C=O) groups is 2. The molecular formula is C18H22N4O2. The van der Waals surface area contributed by atoms with Crippen molar-refractivity contribution in [2.75, 3.05) is 32.5 Å². The van der Waals surface area contributed by atoms with Crippen LogP contribution in [-0.4, -0.2) is 48.9 Å². The fraction of sp³-hybridized carbons (Fsp3) is 0.278. The van der Waals surface area contributed by atoms with Crippen LogP contribution < -0.4 is 10.6 Å². The molecular weight excluding hydrogens is 304 g/mol. The van der Waals surface area contributed by atoms with Gasteiger partial charge in [0, 0.05) is 24.0 Å². The van der Waals surface area contributed by atoms with Crippen LogP contribution in [0, 0.1) is 0 Å². The van der Waals surface area contributed by atoms with Gasteiger partial charge in [-0.2, -0.15) is 0 Å². The second kappa shape index (κ2) is 8.79. The zero-order valence-corrected chi connectivity index (χ0v) is 14.0. The van der Waals surface area contributed by atoms with Crippen LogP contribution in [0.15, 0.2) is 48.7 Å². The average Bonchev–Trinajstić information content (AvgIpc) is 2.59. The molecule has 0 fully saturated rings. The van der Waals surface area contributed by atoms with E-state index in [2.05, 4.69) is 20.5 Å². The Labute approximate surface area is 141 Å². The molecule has 1 aromatic heterocycles. The van der Waals surface area contributed by atoms with Gasteiger partial charge < -0.3 is 15.5 Å². The summed E-state index contributed by atoms with van der Waals surface area (Å²) in [5, 5.41) is 5.60. The molecule has 0 unspecified atom stereocenters. The number of pyridine rings is 1. The summed E-state index contributed by atoms with van der Waals surface area (Å²) in [6.45, 7) is 1.46. The first kappa shape index (κ1) is 17.6. The van der Waals surface area contributed by atoms with Gasteiger partial charge >= 0.3 is 0 Å². The molecule has 0 aliphatic rings. The van der Waals surface area contributed by atoms with Crippen LogP contribution in [0.5, 0.6) is 0 Å². The van der Waals surface area contributed by atoms with Gasteiger partial charge in [-0.1, -0.05) is 18.2 Å². The summed E-state index contributed by atoms with van der Waals surface area (Å²) in [4.78, 5) is 30.4. The van der Waals surface area contributed by atoms with Crippen LogP contribution in [0.4, 0.5) is 5.69 Å². The second-order valence-corrected chi connectivity index (χ2v) is 5.66. The number of hydrogen-bond donors (Lipinski definition) is 2. The van der Waals surface area contributed by atoms with Crippen molar-refractivity contribution >= 4 is 17.5 Å². The molecule has 24 heavy (non-hydrogen) atoms. The maximum absolute atomic E-state index is 12.2. The fourth-order valence-corrected chi connectivity index (χ4v) is 2.11. The van der Waals surface area contributed by atoms with Gasteiger partial charge in [-0.05, 0) is 51.3 Å². The summed E-state index contributed by atoms with van der Waals surface area (Å²) in [7, 11) is 3.97. The van der Waals surface area contributed by atoms with Crippen molar-refractivity contribution in [2.24, 2.45) is 0 Å². The molecule has 0 saturated carbocycles. The number of amides is 2. The average molecular weight is 326 g/mol. The Balaban J connectivity index is 1.95. The number of benzene rings is 1. The van der Waals surface area contributed by atoms with Crippen molar-refractivity contribution in [1.29, 1.82) is 0 Å². The molecule has 0 bridgehead atoms. The van der Waals surface area contributed by atoms with Gasteiger partial charge in [0.25, 0.3) is 11.8 Å². The van der Waals surface area contributed by atoms with E-state index in [-0.39, 0.29) is 17.5 Å². The van der Waals surface area contributed by atoms with Crippen molar-refractivity contribution in [3.8, 4) is 0 Å². The number of rotatable bonds is 7. The summed E-state index contributed by atoms with van der Waals surface area (Å²) in [5.41, 5.74) is 1.34. The summed E-state index contributed by atoms with van der Waals surface area (Å²) < 4.78 is 0. The monoisotopic (exact) mass is 326 g/mol. The van der Waals surface area contributed by atoms with Gasteiger partial charge in [0.1, 0.15) is 5.69 Å². The molecule has 2 N–H and O–H groups in total. The van der Waals surface area contributed by atoms with Crippen molar-refractivity contribution in [2.45, 2.75) is 6.42 Å². The Bertz CT molecular complexity index is 686. The van der Waals surface area contributed by atoms with E-state index in [4.69, 9.17) is 0 Å². The van der Waals surface area contributed by atoms with Crippen molar-refractivity contribution in [1.82, 2.24) is 15.2 Å². The normalized spacial score (nSPS) is 10.5. The highest BCUT2D eigenvalue weighted by Crippen LogP contribution is 2.09. The van der Waals surface area contributed by atoms with Gasteiger partial charge in [-0.3, -0.25) is 14.6 Å². The Morgan fingerprint density at radius 3 is 2.54 bits per heavy atom. The molecule has 0 aliphatic carbocycles. The van der Waals surface area contributed by atoms with Crippen LogP contribution in [0.1, 0.15) is 27.3 Å². The third-order valence-corrected chi connectivity index (χ3v) is 3.35. The van der Waals surface area contributed by atoms with Crippen LogP contribution in [0.2, 0.25) is 0 Å². The topological polar surface area (TPSA) is 74.3 Å². The molecule has 2 amide bonds. The third kappa shape index (κ3) is 5.48. The Hall–Kier alpha value is -2.73. The Morgan fingerprint density at radius 1 is 1.08 bits per heavy atom. The standard InChI is InChI=1S/C18H22N4O2/c1-22(2)12-6-10-20-18(24)16-13-14(9-11-19-16)17(23)21-15-7-4-3-5-8-15/h3-5,7-9,11,13H,6,10,12H2,1-2H3,(H,20,24)(H,21,23). The first-order valence-electron chi connectivity index (χ1n) is 7.81. The molecule has 1 aromatic carbocycles. The lowest BCUT2D eigenvalue weighted by molar-refractivity contribution is 0.0947. The zero-order valence-electron chi connectivity index (χ0n) is 14.0. The lowest BCUT2D eigenvalue weighted by Gasteiger charge is -2.10. The highest BCUT2D eigenvalue weighted by molar-refractivity contribution is 6.05. The predicted octanol–water partition coefficient (Wildman–Crippen LogP) is 2.02. The molecule has 1 heterocycles. The number of anilines is 1. The van der Waals surface area contributed by atoms with E-state index >= 15 is 0 Å². The molecule has 0 spiro atoms. The maximum Gasteiger partial charge on any atom is 0.269 e. The van der Waals surface area contributed by atoms with Crippen molar-refractivity contribution in [3.05, 3.63) is 59.9 Å². The molecule has 126 valence electrons. The Kier molecular flexibility index (Phi) is 6.45. The number of hydrogen-bond acceptors (Lipinski definition) is 4. The quantitative estimate of drug-likeness (QED) is 0.763. The van der Waals surface area contributed by atoms with Gasteiger partial charge in [-0.25, -0.2) is 0 Å². The van der Waals surface area contributed by atoms with Crippen LogP contribution in [0.3, 0.4) is 0 Å². The molecule has 0 saturated heterocycles. The highest BCUT2D eigenvalue weighted by Gasteiger charge is 2.11. The molecule has 2 aromatic rings. The lowest BCUT2D eigenvalue weighted by atomic mass is 10.2. The highest BCUT2D eigenvalue weighted by atomic mass is 16.2. The molecule has 0 atom stereocenters. The van der Waals surface area contributed by atoms with E-state index in [0.717, 1.165) is 13.0 Å². The van der Waals surface area contributed by atoms with Crippen molar-refractivity contribution < 1.29 is 9.59 Å². The number of nitrogens with one attached hydrogen (secondary N) is 2.